The maximum atomic E-state index is 11.6. The number of amides is 2. The van der Waals surface area contributed by atoms with Crippen LogP contribution in [-0.4, -0.2) is 16.8 Å². The minimum atomic E-state index is -0.473. The van der Waals surface area contributed by atoms with Gasteiger partial charge in [0.05, 0.1) is 17.1 Å². The summed E-state index contributed by atoms with van der Waals surface area (Å²) >= 11 is 0. The predicted octanol–water partition coefficient (Wildman–Crippen LogP) is 0.947. The van der Waals surface area contributed by atoms with Crippen molar-refractivity contribution in [3.05, 3.63) is 36.0 Å². The zero-order valence-electron chi connectivity index (χ0n) is 9.51. The first-order chi connectivity index (χ1) is 8.63. The number of carbonyl (C=O) groups is 2. The summed E-state index contributed by atoms with van der Waals surface area (Å²) < 4.78 is 0. The van der Waals surface area contributed by atoms with Gasteiger partial charge in [0.2, 0.25) is 11.8 Å². The molecule has 2 heterocycles. The average Bonchev–Trinajstić information content (AvgIpc) is 2.68. The van der Waals surface area contributed by atoms with Crippen molar-refractivity contribution in [3.63, 3.8) is 0 Å². The van der Waals surface area contributed by atoms with Crippen LogP contribution in [0, 0.1) is 0 Å². The molecule has 1 atom stereocenters. The number of hydrogen-bond acceptors (Lipinski definition) is 4. The molecule has 1 aliphatic rings. The van der Waals surface area contributed by atoms with Crippen molar-refractivity contribution in [1.29, 1.82) is 0 Å². The van der Waals surface area contributed by atoms with Gasteiger partial charge in [-0.1, -0.05) is 6.07 Å². The van der Waals surface area contributed by atoms with Gasteiger partial charge in [-0.3, -0.25) is 19.9 Å². The first-order valence-corrected chi connectivity index (χ1v) is 5.63. The summed E-state index contributed by atoms with van der Waals surface area (Å²) in [5, 5.41) is 3.20. The predicted molar refractivity (Wildman–Crippen MR) is 66.7 cm³/mol. The van der Waals surface area contributed by atoms with Crippen molar-refractivity contribution in [3.8, 4) is 0 Å². The van der Waals surface area contributed by atoms with Gasteiger partial charge in [-0.05, 0) is 24.3 Å². The first kappa shape index (κ1) is 10.7. The monoisotopic (exact) mass is 241 g/mol. The highest BCUT2D eigenvalue weighted by atomic mass is 16.2. The Bertz CT molecular complexity index is 666. The minimum Gasteiger partial charge on any atom is -0.399 e. The van der Waals surface area contributed by atoms with Gasteiger partial charge in [-0.15, -0.1) is 0 Å². The van der Waals surface area contributed by atoms with Crippen molar-refractivity contribution in [2.45, 2.75) is 12.3 Å². The first-order valence-electron chi connectivity index (χ1n) is 5.63. The molecule has 3 rings (SSSR count). The molecule has 1 unspecified atom stereocenters. The number of nitrogens with one attached hydrogen (secondary N) is 1. The van der Waals surface area contributed by atoms with Gasteiger partial charge in [-0.25, -0.2) is 0 Å². The third-order valence-corrected chi connectivity index (χ3v) is 3.06. The van der Waals surface area contributed by atoms with Crippen LogP contribution in [0.25, 0.3) is 10.9 Å². The summed E-state index contributed by atoms with van der Waals surface area (Å²) in [5.74, 6) is -0.994. The molecule has 1 aliphatic heterocycles. The number of aromatic nitrogens is 1. The third-order valence-electron chi connectivity index (χ3n) is 3.06. The van der Waals surface area contributed by atoms with Crippen LogP contribution in [0.15, 0.2) is 30.3 Å². The van der Waals surface area contributed by atoms with Gasteiger partial charge in [0.1, 0.15) is 0 Å². The van der Waals surface area contributed by atoms with E-state index in [9.17, 15) is 9.59 Å². The van der Waals surface area contributed by atoms with Crippen LogP contribution in [0.3, 0.4) is 0 Å². The Labute approximate surface area is 103 Å². The lowest BCUT2D eigenvalue weighted by atomic mass is 10.0. The largest absolute Gasteiger partial charge is 0.399 e. The van der Waals surface area contributed by atoms with E-state index in [0.29, 0.717) is 11.4 Å². The smallest absolute Gasteiger partial charge is 0.236 e. The molecular weight excluding hydrogens is 230 g/mol. The van der Waals surface area contributed by atoms with Crippen molar-refractivity contribution < 1.29 is 9.59 Å². The molecule has 0 spiro atoms. The number of hydrogen-bond donors (Lipinski definition) is 2. The van der Waals surface area contributed by atoms with E-state index in [4.69, 9.17) is 5.73 Å². The zero-order chi connectivity index (χ0) is 12.7. The van der Waals surface area contributed by atoms with Gasteiger partial charge in [0.15, 0.2) is 0 Å². The topological polar surface area (TPSA) is 85.1 Å². The lowest BCUT2D eigenvalue weighted by molar-refractivity contribution is -0.125. The fourth-order valence-corrected chi connectivity index (χ4v) is 2.15. The van der Waals surface area contributed by atoms with Crippen molar-refractivity contribution in [1.82, 2.24) is 10.3 Å². The maximum Gasteiger partial charge on any atom is 0.236 e. The summed E-state index contributed by atoms with van der Waals surface area (Å²) in [4.78, 5) is 27.2. The molecule has 18 heavy (non-hydrogen) atoms. The molecule has 1 aromatic carbocycles. The molecule has 1 aromatic heterocycles. The fraction of sp³-hybridized carbons (Fsp3) is 0.154. The number of benzene rings is 1. The number of nitrogens with zero attached hydrogens (tertiary/aromatic N) is 1. The molecule has 2 aromatic rings. The highest BCUT2D eigenvalue weighted by Crippen LogP contribution is 2.25. The molecular formula is C13H11N3O2. The van der Waals surface area contributed by atoms with Gasteiger partial charge in [-0.2, -0.15) is 0 Å². The Balaban J connectivity index is 2.06. The Hall–Kier alpha value is -2.43. The van der Waals surface area contributed by atoms with E-state index in [1.807, 2.05) is 18.2 Å². The summed E-state index contributed by atoms with van der Waals surface area (Å²) in [5.41, 5.74) is 7.75. The van der Waals surface area contributed by atoms with Crippen LogP contribution in [0.1, 0.15) is 18.0 Å². The molecule has 5 heteroatoms. The van der Waals surface area contributed by atoms with E-state index in [1.165, 1.54) is 0 Å². The normalized spacial score (nSPS) is 19.2. The Morgan fingerprint density at radius 3 is 2.78 bits per heavy atom. The minimum absolute atomic E-state index is 0.173. The van der Waals surface area contributed by atoms with E-state index in [1.54, 1.807) is 12.1 Å². The van der Waals surface area contributed by atoms with E-state index >= 15 is 0 Å². The fourth-order valence-electron chi connectivity index (χ4n) is 2.15. The molecule has 0 saturated carbocycles. The van der Waals surface area contributed by atoms with Gasteiger partial charge in [0.25, 0.3) is 0 Å². The van der Waals surface area contributed by atoms with E-state index in [0.717, 1.165) is 10.9 Å². The lowest BCUT2D eigenvalue weighted by Gasteiger charge is -2.07. The van der Waals surface area contributed by atoms with Crippen molar-refractivity contribution in [2.24, 2.45) is 0 Å². The standard InChI is InChI=1S/C13H11N3O2/c14-8-2-4-10-7(5-8)1-3-11(15-10)9-6-12(17)16-13(9)18/h1-5,9H,6,14H2,(H,16,17,18). The Morgan fingerprint density at radius 2 is 2.06 bits per heavy atom. The van der Waals surface area contributed by atoms with Crippen LogP contribution < -0.4 is 11.1 Å². The van der Waals surface area contributed by atoms with Gasteiger partial charge < -0.3 is 5.73 Å². The van der Waals surface area contributed by atoms with E-state index < -0.39 is 5.92 Å². The SMILES string of the molecule is Nc1ccc2nc(C3CC(=O)NC3=O)ccc2c1. The number of imide groups is 1. The molecule has 2 amide bonds. The van der Waals surface area contributed by atoms with E-state index in [-0.39, 0.29) is 18.2 Å². The number of anilines is 1. The number of rotatable bonds is 1. The van der Waals surface area contributed by atoms with Crippen LogP contribution >= 0.6 is 0 Å². The van der Waals surface area contributed by atoms with Crippen LogP contribution in [-0.2, 0) is 9.59 Å². The second-order valence-corrected chi connectivity index (χ2v) is 4.36. The number of nitrogen functional groups attached to an aromatic ring is 1. The molecule has 1 saturated heterocycles. The average molecular weight is 241 g/mol. The number of fused-ring (bicyclic) bond motifs is 1. The van der Waals surface area contributed by atoms with Crippen molar-refractivity contribution in [2.75, 3.05) is 5.73 Å². The molecule has 90 valence electrons. The highest BCUT2D eigenvalue weighted by Gasteiger charge is 2.32. The molecule has 3 N–H and O–H groups in total. The quantitative estimate of drug-likeness (QED) is 0.575. The Morgan fingerprint density at radius 1 is 1.22 bits per heavy atom. The molecule has 0 radical (unpaired) electrons. The highest BCUT2D eigenvalue weighted by molar-refractivity contribution is 6.06. The molecule has 1 fully saturated rings. The van der Waals surface area contributed by atoms with Gasteiger partial charge in [0, 0.05) is 17.5 Å². The molecule has 0 aliphatic carbocycles. The number of nitrogens with two attached hydrogens (primary N) is 1. The third kappa shape index (κ3) is 1.69. The maximum absolute atomic E-state index is 11.6. The summed E-state index contributed by atoms with van der Waals surface area (Å²) in [6, 6.07) is 9.03. The summed E-state index contributed by atoms with van der Waals surface area (Å²) in [6.07, 6.45) is 0.173. The van der Waals surface area contributed by atoms with Crippen LogP contribution in [0.4, 0.5) is 5.69 Å². The van der Waals surface area contributed by atoms with Gasteiger partial charge >= 0.3 is 0 Å². The molecule has 5 nitrogen and oxygen atoms in total. The molecule has 0 bridgehead atoms. The summed E-state index contributed by atoms with van der Waals surface area (Å²) in [7, 11) is 0. The summed E-state index contributed by atoms with van der Waals surface area (Å²) in [6.45, 7) is 0. The second kappa shape index (κ2) is 3.80. The number of carbonyl (C=O) groups excluding carboxylic acids is 2. The van der Waals surface area contributed by atoms with Crippen molar-refractivity contribution >= 4 is 28.4 Å². The zero-order valence-corrected chi connectivity index (χ0v) is 9.51. The Kier molecular flexibility index (Phi) is 2.26. The van der Waals surface area contributed by atoms with Crippen LogP contribution in [0.5, 0.6) is 0 Å². The second-order valence-electron chi connectivity index (χ2n) is 4.36. The number of pyridine rings is 1. The van der Waals surface area contributed by atoms with Crippen LogP contribution in [0.2, 0.25) is 0 Å². The lowest BCUT2D eigenvalue weighted by Crippen LogP contribution is -2.21. The van der Waals surface area contributed by atoms with E-state index in [2.05, 4.69) is 10.3 Å².